The summed E-state index contributed by atoms with van der Waals surface area (Å²) >= 11 is 0. The maximum absolute atomic E-state index is 12.1. The van der Waals surface area contributed by atoms with Crippen molar-refractivity contribution in [3.05, 3.63) is 6.42 Å². The summed E-state index contributed by atoms with van der Waals surface area (Å²) in [5.41, 5.74) is 0. The maximum atomic E-state index is 12.1. The fourth-order valence-electron chi connectivity index (χ4n) is 2.63. The van der Waals surface area contributed by atoms with Crippen LogP contribution in [-0.4, -0.2) is 47.3 Å². The van der Waals surface area contributed by atoms with Gasteiger partial charge in [-0.15, -0.1) is 0 Å². The number of carbonyl (C=O) groups is 2. The molecule has 2 rings (SSSR count). The molecule has 1 radical (unpaired) electrons. The van der Waals surface area contributed by atoms with Crippen molar-refractivity contribution in [2.75, 3.05) is 19.6 Å². The van der Waals surface area contributed by atoms with Crippen LogP contribution in [0.5, 0.6) is 0 Å². The van der Waals surface area contributed by atoms with Crippen molar-refractivity contribution in [2.24, 2.45) is 0 Å². The molecule has 17 heavy (non-hydrogen) atoms. The summed E-state index contributed by atoms with van der Waals surface area (Å²) in [5.74, 6) is 0.140. The monoisotopic (exact) mass is 237 g/mol. The molecule has 0 spiro atoms. The van der Waals surface area contributed by atoms with Gasteiger partial charge in [0, 0.05) is 25.6 Å². The predicted molar refractivity (Wildman–Crippen MR) is 65.1 cm³/mol. The Hall–Kier alpha value is -1.06. The minimum absolute atomic E-state index is 0.0303. The molecule has 2 aliphatic heterocycles. The molecule has 2 heterocycles. The lowest BCUT2D eigenvalue weighted by atomic mass is 10.2. The Balaban J connectivity index is 1.90. The Bertz CT molecular complexity index is 304. The topological polar surface area (TPSA) is 40.6 Å². The van der Waals surface area contributed by atoms with Gasteiger partial charge in [0.15, 0.2) is 0 Å². The molecule has 2 aliphatic rings. The molecule has 2 fully saturated rings. The third-order valence-corrected chi connectivity index (χ3v) is 3.71. The number of carbonyl (C=O) groups excluding carboxylic acids is 2. The summed E-state index contributed by atoms with van der Waals surface area (Å²) in [7, 11) is 0. The average molecular weight is 237 g/mol. The van der Waals surface area contributed by atoms with E-state index in [0.29, 0.717) is 6.04 Å². The van der Waals surface area contributed by atoms with Crippen molar-refractivity contribution in [3.63, 3.8) is 0 Å². The Morgan fingerprint density at radius 2 is 2.18 bits per heavy atom. The van der Waals surface area contributed by atoms with Crippen LogP contribution in [-0.2, 0) is 9.59 Å². The van der Waals surface area contributed by atoms with E-state index in [2.05, 4.69) is 6.92 Å². The lowest BCUT2D eigenvalue weighted by Crippen LogP contribution is -2.44. The van der Waals surface area contributed by atoms with E-state index in [1.807, 2.05) is 4.90 Å². The first-order chi connectivity index (χ1) is 8.18. The molecule has 0 aliphatic carbocycles. The van der Waals surface area contributed by atoms with E-state index in [9.17, 15) is 9.59 Å². The highest BCUT2D eigenvalue weighted by Gasteiger charge is 2.28. The van der Waals surface area contributed by atoms with Crippen molar-refractivity contribution in [2.45, 2.75) is 45.1 Å². The minimum Gasteiger partial charge on any atom is -0.338 e. The van der Waals surface area contributed by atoms with E-state index in [1.54, 1.807) is 11.3 Å². The van der Waals surface area contributed by atoms with Crippen molar-refractivity contribution in [1.29, 1.82) is 0 Å². The van der Waals surface area contributed by atoms with Crippen LogP contribution in [0.2, 0.25) is 0 Å². The first-order valence-corrected chi connectivity index (χ1v) is 6.60. The normalized spacial score (nSPS) is 26.2. The maximum Gasteiger partial charge on any atom is 0.242 e. The van der Waals surface area contributed by atoms with Crippen molar-refractivity contribution >= 4 is 11.8 Å². The van der Waals surface area contributed by atoms with Gasteiger partial charge in [-0.2, -0.15) is 0 Å². The average Bonchev–Trinajstić information content (AvgIpc) is 2.63. The quantitative estimate of drug-likeness (QED) is 0.724. The first kappa shape index (κ1) is 12.4. The molecule has 0 aromatic carbocycles. The van der Waals surface area contributed by atoms with Crippen LogP contribution in [0.3, 0.4) is 0 Å². The van der Waals surface area contributed by atoms with Crippen molar-refractivity contribution < 1.29 is 9.59 Å². The number of hydrogen-bond donors (Lipinski definition) is 0. The largest absolute Gasteiger partial charge is 0.338 e. The fourth-order valence-corrected chi connectivity index (χ4v) is 2.63. The lowest BCUT2D eigenvalue weighted by molar-refractivity contribution is -0.139. The Labute approximate surface area is 103 Å². The number of hydrogen-bond acceptors (Lipinski definition) is 2. The van der Waals surface area contributed by atoms with Crippen molar-refractivity contribution in [3.8, 4) is 0 Å². The third-order valence-electron chi connectivity index (χ3n) is 3.71. The van der Waals surface area contributed by atoms with Gasteiger partial charge in [-0.3, -0.25) is 9.59 Å². The summed E-state index contributed by atoms with van der Waals surface area (Å²) in [6.45, 7) is 3.93. The smallest absolute Gasteiger partial charge is 0.242 e. The van der Waals surface area contributed by atoms with Gasteiger partial charge in [-0.1, -0.05) is 6.42 Å². The van der Waals surface area contributed by atoms with Crippen LogP contribution >= 0.6 is 0 Å². The zero-order valence-corrected chi connectivity index (χ0v) is 10.5. The highest BCUT2D eigenvalue weighted by Crippen LogP contribution is 2.17. The summed E-state index contributed by atoms with van der Waals surface area (Å²) < 4.78 is 0. The van der Waals surface area contributed by atoms with Gasteiger partial charge in [0.05, 0.1) is 6.54 Å². The molecule has 2 saturated heterocycles. The highest BCUT2D eigenvalue weighted by molar-refractivity contribution is 5.89. The highest BCUT2D eigenvalue weighted by atomic mass is 16.2. The first-order valence-electron chi connectivity index (χ1n) is 6.60. The Morgan fingerprint density at radius 1 is 1.35 bits per heavy atom. The van der Waals surface area contributed by atoms with Gasteiger partial charge in [0.2, 0.25) is 11.8 Å². The molecule has 4 heteroatoms. The Morgan fingerprint density at radius 3 is 2.88 bits per heavy atom. The molecule has 2 amide bonds. The summed E-state index contributed by atoms with van der Waals surface area (Å²) in [4.78, 5) is 27.5. The van der Waals surface area contributed by atoms with Crippen LogP contribution < -0.4 is 0 Å². The van der Waals surface area contributed by atoms with E-state index in [1.165, 1.54) is 0 Å². The van der Waals surface area contributed by atoms with Gasteiger partial charge >= 0.3 is 0 Å². The van der Waals surface area contributed by atoms with E-state index in [0.717, 1.165) is 45.2 Å². The molecule has 1 atom stereocenters. The number of nitrogens with zero attached hydrogens (tertiary/aromatic N) is 2. The molecular weight excluding hydrogens is 216 g/mol. The van der Waals surface area contributed by atoms with Gasteiger partial charge in [0.25, 0.3) is 0 Å². The van der Waals surface area contributed by atoms with E-state index >= 15 is 0 Å². The molecule has 95 valence electrons. The van der Waals surface area contributed by atoms with Crippen LogP contribution in [0.4, 0.5) is 0 Å². The molecule has 0 N–H and O–H groups in total. The SMILES string of the molecule is CC1CCCN1C(=O)CN1CCCC[CH]C1=O. The number of likely N-dealkylation sites (tertiary alicyclic amines) is 2. The molecule has 0 saturated carbocycles. The summed E-state index contributed by atoms with van der Waals surface area (Å²) in [5, 5.41) is 0. The van der Waals surface area contributed by atoms with Gasteiger partial charge in [-0.25, -0.2) is 0 Å². The summed E-state index contributed by atoms with van der Waals surface area (Å²) in [6, 6.07) is 0.341. The summed E-state index contributed by atoms with van der Waals surface area (Å²) in [6.07, 6.45) is 6.80. The van der Waals surface area contributed by atoms with E-state index in [4.69, 9.17) is 0 Å². The lowest BCUT2D eigenvalue weighted by Gasteiger charge is -2.26. The second kappa shape index (κ2) is 5.52. The molecular formula is C13H21N2O2. The standard InChI is InChI=1S/C13H21N2O2/c1-11-6-5-9-15(11)13(17)10-14-8-4-2-3-7-12(14)16/h7,11H,2-6,8-10H2,1H3. The van der Waals surface area contributed by atoms with Crippen LogP contribution in [0.1, 0.15) is 39.0 Å². The predicted octanol–water partition coefficient (Wildman–Crippen LogP) is 1.21. The van der Waals surface area contributed by atoms with E-state index in [-0.39, 0.29) is 18.4 Å². The molecule has 4 nitrogen and oxygen atoms in total. The zero-order valence-electron chi connectivity index (χ0n) is 10.5. The molecule has 0 aromatic rings. The van der Waals surface area contributed by atoms with Crippen LogP contribution in [0.15, 0.2) is 0 Å². The number of amides is 2. The molecule has 1 unspecified atom stereocenters. The fraction of sp³-hybridized carbons (Fsp3) is 0.769. The van der Waals surface area contributed by atoms with Crippen LogP contribution in [0.25, 0.3) is 0 Å². The van der Waals surface area contributed by atoms with E-state index < -0.39 is 0 Å². The van der Waals surface area contributed by atoms with Gasteiger partial charge < -0.3 is 9.80 Å². The van der Waals surface area contributed by atoms with Gasteiger partial charge in [0.1, 0.15) is 0 Å². The molecule has 0 bridgehead atoms. The van der Waals surface area contributed by atoms with Crippen LogP contribution in [0, 0.1) is 6.42 Å². The Kier molecular flexibility index (Phi) is 4.02. The molecule has 0 aromatic heterocycles. The van der Waals surface area contributed by atoms with Crippen molar-refractivity contribution in [1.82, 2.24) is 9.80 Å². The number of rotatable bonds is 2. The zero-order chi connectivity index (χ0) is 12.3. The minimum atomic E-state index is 0.0303. The second-order valence-electron chi connectivity index (χ2n) is 5.04. The van der Waals surface area contributed by atoms with Gasteiger partial charge in [-0.05, 0) is 32.6 Å². The third kappa shape index (κ3) is 2.99. The second-order valence-corrected chi connectivity index (χ2v) is 5.04.